The second kappa shape index (κ2) is 7.61. The van der Waals surface area contributed by atoms with Gasteiger partial charge in [-0.05, 0) is 23.8 Å². The second-order valence-electron chi connectivity index (χ2n) is 5.68. The molecule has 1 unspecified atom stereocenters. The monoisotopic (exact) mass is 416 g/mol. The molecule has 0 aliphatic carbocycles. The smallest absolute Gasteiger partial charge is 0.188 e. The lowest BCUT2D eigenvalue weighted by molar-refractivity contribution is 0.0277. The Bertz CT molecular complexity index is 849. The summed E-state index contributed by atoms with van der Waals surface area (Å²) in [6.45, 7) is 2.51. The van der Waals surface area contributed by atoms with Gasteiger partial charge in [0.15, 0.2) is 5.13 Å². The minimum absolute atomic E-state index is 0.107. The normalized spacial score (nSPS) is 17.4. The van der Waals surface area contributed by atoms with Crippen LogP contribution in [-0.2, 0) is 4.74 Å². The Balaban J connectivity index is 1.53. The van der Waals surface area contributed by atoms with Gasteiger partial charge in [-0.1, -0.05) is 34.1 Å². The molecule has 128 valence electrons. The van der Waals surface area contributed by atoms with E-state index in [9.17, 15) is 0 Å². The van der Waals surface area contributed by atoms with Gasteiger partial charge in [0.2, 0.25) is 0 Å². The number of anilines is 2. The summed E-state index contributed by atoms with van der Waals surface area (Å²) >= 11 is 5.24. The molecule has 1 saturated heterocycles. The number of thiazole rings is 1. The zero-order chi connectivity index (χ0) is 17.1. The third-order valence-corrected chi connectivity index (χ3v) is 5.39. The molecule has 7 heteroatoms. The zero-order valence-electron chi connectivity index (χ0n) is 13.4. The number of halogens is 1. The first kappa shape index (κ1) is 16.7. The highest BCUT2D eigenvalue weighted by Crippen LogP contribution is 2.34. The Kier molecular flexibility index (Phi) is 5.07. The number of nitrogens with one attached hydrogen (secondary N) is 2. The first-order valence-electron chi connectivity index (χ1n) is 8.05. The maximum Gasteiger partial charge on any atom is 0.188 e. The summed E-state index contributed by atoms with van der Waals surface area (Å²) in [7, 11) is 0. The fourth-order valence-electron chi connectivity index (χ4n) is 2.72. The Morgan fingerprint density at radius 2 is 2.24 bits per heavy atom. The van der Waals surface area contributed by atoms with Crippen LogP contribution in [0.15, 0.2) is 52.4 Å². The summed E-state index contributed by atoms with van der Waals surface area (Å²) < 4.78 is 6.84. The third-order valence-electron chi connectivity index (χ3n) is 3.97. The molecule has 0 bridgehead atoms. The molecule has 1 aliphatic heterocycles. The van der Waals surface area contributed by atoms with Crippen molar-refractivity contribution in [3.8, 4) is 11.3 Å². The summed E-state index contributed by atoms with van der Waals surface area (Å²) in [6.07, 6.45) is 1.87. The van der Waals surface area contributed by atoms with Gasteiger partial charge in [-0.3, -0.25) is 0 Å². The van der Waals surface area contributed by atoms with Gasteiger partial charge in [0.25, 0.3) is 0 Å². The van der Waals surface area contributed by atoms with Gasteiger partial charge in [-0.25, -0.2) is 9.97 Å². The fraction of sp³-hybridized carbons (Fsp3) is 0.222. The van der Waals surface area contributed by atoms with Crippen molar-refractivity contribution in [1.29, 1.82) is 0 Å². The molecule has 0 spiro atoms. The molecular weight excluding hydrogens is 400 g/mol. The number of nitrogens with zero attached hydrogens (tertiary/aromatic N) is 2. The highest BCUT2D eigenvalue weighted by Gasteiger charge is 2.17. The van der Waals surface area contributed by atoms with Crippen molar-refractivity contribution in [3.63, 3.8) is 0 Å². The number of hydrogen-bond donors (Lipinski definition) is 2. The standard InChI is InChI=1S/C18H17BrN4OS/c19-14-9-12(16-10-20-7-8-24-16)4-5-13(14)15-11-25-18(22-15)23-17-3-1-2-6-21-17/h1-6,9,11,16,20H,7-8,10H2,(H,21,22,23). The molecule has 2 aromatic heterocycles. The lowest BCUT2D eigenvalue weighted by Gasteiger charge is -2.24. The van der Waals surface area contributed by atoms with Crippen LogP contribution < -0.4 is 10.6 Å². The number of ether oxygens (including phenoxy) is 1. The number of hydrogen-bond acceptors (Lipinski definition) is 6. The summed E-state index contributed by atoms with van der Waals surface area (Å²) in [5.41, 5.74) is 3.17. The second-order valence-corrected chi connectivity index (χ2v) is 7.39. The van der Waals surface area contributed by atoms with Crippen LogP contribution in [-0.4, -0.2) is 29.7 Å². The minimum atomic E-state index is 0.107. The molecule has 25 heavy (non-hydrogen) atoms. The molecule has 0 saturated carbocycles. The van der Waals surface area contributed by atoms with Crippen LogP contribution in [0, 0.1) is 0 Å². The topological polar surface area (TPSA) is 59.1 Å². The van der Waals surface area contributed by atoms with E-state index in [1.54, 1.807) is 17.5 Å². The maximum absolute atomic E-state index is 5.82. The number of morpholine rings is 1. The van der Waals surface area contributed by atoms with Gasteiger partial charge in [0.1, 0.15) is 5.82 Å². The maximum atomic E-state index is 5.82. The molecule has 1 fully saturated rings. The lowest BCUT2D eigenvalue weighted by Crippen LogP contribution is -2.33. The Hall–Kier alpha value is -1.80. The Morgan fingerprint density at radius 3 is 3.00 bits per heavy atom. The van der Waals surface area contributed by atoms with E-state index in [4.69, 9.17) is 4.74 Å². The molecule has 4 rings (SSSR count). The molecule has 1 aliphatic rings. The van der Waals surface area contributed by atoms with Crippen LogP contribution in [0.4, 0.5) is 10.9 Å². The van der Waals surface area contributed by atoms with Crippen molar-refractivity contribution in [2.75, 3.05) is 25.0 Å². The van der Waals surface area contributed by atoms with E-state index in [0.717, 1.165) is 46.4 Å². The highest BCUT2D eigenvalue weighted by atomic mass is 79.9. The van der Waals surface area contributed by atoms with Gasteiger partial charge >= 0.3 is 0 Å². The SMILES string of the molecule is Brc1cc(C2CNCCO2)ccc1-c1csc(Nc2ccccn2)n1. The molecule has 3 aromatic rings. The quantitative estimate of drug-likeness (QED) is 0.660. The molecule has 0 radical (unpaired) electrons. The third kappa shape index (κ3) is 3.90. The van der Waals surface area contributed by atoms with E-state index in [1.165, 1.54) is 5.56 Å². The van der Waals surface area contributed by atoms with Crippen LogP contribution >= 0.6 is 27.3 Å². The first-order valence-corrected chi connectivity index (χ1v) is 9.72. The summed E-state index contributed by atoms with van der Waals surface area (Å²) in [5.74, 6) is 0.791. The van der Waals surface area contributed by atoms with Gasteiger partial charge in [0.05, 0.1) is 18.4 Å². The molecular formula is C18H17BrN4OS. The minimum Gasteiger partial charge on any atom is -0.371 e. The van der Waals surface area contributed by atoms with E-state index in [2.05, 4.69) is 54.7 Å². The van der Waals surface area contributed by atoms with E-state index in [1.807, 2.05) is 23.6 Å². The van der Waals surface area contributed by atoms with Crippen LogP contribution in [0.3, 0.4) is 0 Å². The number of benzene rings is 1. The van der Waals surface area contributed by atoms with Gasteiger partial charge in [-0.2, -0.15) is 0 Å². The molecule has 1 atom stereocenters. The molecule has 5 nitrogen and oxygen atoms in total. The predicted octanol–water partition coefficient (Wildman–Crippen LogP) is 4.37. The predicted molar refractivity (Wildman–Crippen MR) is 104 cm³/mol. The number of aromatic nitrogens is 2. The Labute approximate surface area is 158 Å². The van der Waals surface area contributed by atoms with Crippen LogP contribution in [0.5, 0.6) is 0 Å². The highest BCUT2D eigenvalue weighted by molar-refractivity contribution is 9.10. The number of pyridine rings is 1. The lowest BCUT2D eigenvalue weighted by atomic mass is 10.0. The average Bonchev–Trinajstić information content (AvgIpc) is 3.11. The molecule has 0 amide bonds. The molecule has 3 heterocycles. The summed E-state index contributed by atoms with van der Waals surface area (Å²) in [6, 6.07) is 12.1. The summed E-state index contributed by atoms with van der Waals surface area (Å²) in [4.78, 5) is 8.94. The number of rotatable bonds is 4. The van der Waals surface area contributed by atoms with Crippen molar-refractivity contribution in [2.24, 2.45) is 0 Å². The van der Waals surface area contributed by atoms with Gasteiger partial charge in [-0.15, -0.1) is 11.3 Å². The van der Waals surface area contributed by atoms with Crippen molar-refractivity contribution in [3.05, 3.63) is 58.0 Å². The van der Waals surface area contributed by atoms with Crippen molar-refractivity contribution in [2.45, 2.75) is 6.10 Å². The van der Waals surface area contributed by atoms with Crippen LogP contribution in [0.25, 0.3) is 11.3 Å². The van der Waals surface area contributed by atoms with Crippen molar-refractivity contribution in [1.82, 2.24) is 15.3 Å². The fourth-order valence-corrected chi connectivity index (χ4v) is 4.04. The van der Waals surface area contributed by atoms with Crippen LogP contribution in [0.2, 0.25) is 0 Å². The average molecular weight is 417 g/mol. The van der Waals surface area contributed by atoms with E-state index >= 15 is 0 Å². The van der Waals surface area contributed by atoms with Crippen molar-refractivity contribution < 1.29 is 4.74 Å². The van der Waals surface area contributed by atoms with Gasteiger partial charge in [0, 0.05) is 34.7 Å². The van der Waals surface area contributed by atoms with E-state index in [0.29, 0.717) is 0 Å². The molecule has 2 N–H and O–H groups in total. The largest absolute Gasteiger partial charge is 0.371 e. The van der Waals surface area contributed by atoms with Crippen molar-refractivity contribution >= 4 is 38.2 Å². The van der Waals surface area contributed by atoms with Crippen LogP contribution in [0.1, 0.15) is 11.7 Å². The molecule has 1 aromatic carbocycles. The van der Waals surface area contributed by atoms with E-state index < -0.39 is 0 Å². The van der Waals surface area contributed by atoms with E-state index in [-0.39, 0.29) is 6.10 Å². The first-order chi connectivity index (χ1) is 12.3. The zero-order valence-corrected chi connectivity index (χ0v) is 15.8. The van der Waals surface area contributed by atoms with Gasteiger partial charge < -0.3 is 15.4 Å². The Morgan fingerprint density at radius 1 is 1.28 bits per heavy atom. The summed E-state index contributed by atoms with van der Waals surface area (Å²) in [5, 5.41) is 9.46.